The van der Waals surface area contributed by atoms with Crippen LogP contribution in [0.5, 0.6) is 11.5 Å². The number of piperidine rings is 1. The zero-order valence-corrected chi connectivity index (χ0v) is 22.9. The van der Waals surface area contributed by atoms with Crippen LogP contribution < -0.4 is 20.7 Å². The molecule has 2 aromatic carbocycles. The molecule has 3 amide bonds. The highest BCUT2D eigenvalue weighted by Crippen LogP contribution is 2.27. The van der Waals surface area contributed by atoms with Crippen LogP contribution in [0, 0.1) is 11.6 Å². The maximum atomic E-state index is 14.7. The summed E-state index contributed by atoms with van der Waals surface area (Å²) < 4.78 is 33.5. The van der Waals surface area contributed by atoms with Crippen molar-refractivity contribution in [2.45, 2.75) is 25.3 Å². The molecule has 0 bridgehead atoms. The molecule has 2 heterocycles. The zero-order valence-electron chi connectivity index (χ0n) is 22.1. The monoisotopic (exact) mass is 568 g/mol. The molecule has 9 nitrogen and oxygen atoms in total. The number of carbonyl (C=O) groups is 2. The van der Waals surface area contributed by atoms with E-state index in [0.29, 0.717) is 17.1 Å². The molecular weight excluding hydrogens is 538 g/mol. The summed E-state index contributed by atoms with van der Waals surface area (Å²) in [6.45, 7) is 1.87. The van der Waals surface area contributed by atoms with Gasteiger partial charge in [0.1, 0.15) is 29.0 Å². The Bertz CT molecular complexity index is 1370. The lowest BCUT2D eigenvalue weighted by Crippen LogP contribution is -2.46. The van der Waals surface area contributed by atoms with Crippen LogP contribution in [0.2, 0.25) is 0 Å². The summed E-state index contributed by atoms with van der Waals surface area (Å²) in [6.07, 6.45) is 3.28. The van der Waals surface area contributed by atoms with Crippen molar-refractivity contribution in [2.75, 3.05) is 37.8 Å². The van der Waals surface area contributed by atoms with E-state index < -0.39 is 17.5 Å². The lowest BCUT2D eigenvalue weighted by Gasteiger charge is -2.34. The van der Waals surface area contributed by atoms with Gasteiger partial charge in [-0.3, -0.25) is 10.1 Å². The fourth-order valence-electron chi connectivity index (χ4n) is 4.20. The molecule has 1 aromatic heterocycles. The number of benzene rings is 2. The summed E-state index contributed by atoms with van der Waals surface area (Å²) in [6, 6.07) is 12.7. The molecule has 3 N–H and O–H groups in total. The second-order valence-corrected chi connectivity index (χ2v) is 9.91. The van der Waals surface area contributed by atoms with E-state index in [9.17, 15) is 18.4 Å². The minimum Gasteiger partial charge on any atom is -0.457 e. The standard InChI is InChI=1S/C28H30F2N6O3S/c1-35-13-10-20(11-14-35)36(2)28(38)33-25-17-22(9-12-31-25)39-21-7-8-24(23(30)16-21)32-27(40)34-26(37)15-18-3-5-19(29)6-4-18/h3-9,12,16-17,20H,10-11,13-15H2,1-2H3,(H,31,33,38)(H2,32,34,37,40). The van der Waals surface area contributed by atoms with Crippen LogP contribution in [0.3, 0.4) is 0 Å². The van der Waals surface area contributed by atoms with Gasteiger partial charge in [0, 0.05) is 31.4 Å². The molecular formula is C28H30F2N6O3S. The fraction of sp³-hybridized carbons (Fsp3) is 0.286. The number of thiocarbonyl (C=S) groups is 1. The molecule has 0 aliphatic carbocycles. The first kappa shape index (κ1) is 28.8. The van der Waals surface area contributed by atoms with E-state index in [2.05, 4.69) is 32.9 Å². The largest absolute Gasteiger partial charge is 0.457 e. The van der Waals surface area contributed by atoms with Crippen LogP contribution in [0.4, 0.5) is 25.1 Å². The summed E-state index contributed by atoms with van der Waals surface area (Å²) in [7, 11) is 3.84. The number of nitrogens with one attached hydrogen (secondary N) is 3. The summed E-state index contributed by atoms with van der Waals surface area (Å²) in [5.74, 6) is -0.607. The maximum absolute atomic E-state index is 14.7. The number of carbonyl (C=O) groups excluding carboxylic acids is 2. The van der Waals surface area contributed by atoms with Gasteiger partial charge < -0.3 is 25.2 Å². The predicted molar refractivity (Wildman–Crippen MR) is 152 cm³/mol. The average Bonchev–Trinajstić information content (AvgIpc) is 2.91. The molecule has 210 valence electrons. The Balaban J connectivity index is 1.30. The second-order valence-electron chi connectivity index (χ2n) is 9.50. The molecule has 0 spiro atoms. The van der Waals surface area contributed by atoms with Crippen molar-refractivity contribution in [1.29, 1.82) is 0 Å². The van der Waals surface area contributed by atoms with Crippen LogP contribution >= 0.6 is 12.2 Å². The van der Waals surface area contributed by atoms with Gasteiger partial charge in [0.05, 0.1) is 12.1 Å². The highest BCUT2D eigenvalue weighted by molar-refractivity contribution is 7.80. The molecule has 0 atom stereocenters. The summed E-state index contributed by atoms with van der Waals surface area (Å²) in [4.78, 5) is 33.0. The van der Waals surface area contributed by atoms with E-state index in [1.165, 1.54) is 42.6 Å². The van der Waals surface area contributed by atoms with Gasteiger partial charge in [-0.2, -0.15) is 0 Å². The summed E-state index contributed by atoms with van der Waals surface area (Å²) >= 11 is 5.11. The Hall–Kier alpha value is -4.16. The van der Waals surface area contributed by atoms with E-state index in [0.717, 1.165) is 32.0 Å². The Morgan fingerprint density at radius 2 is 1.75 bits per heavy atom. The lowest BCUT2D eigenvalue weighted by molar-refractivity contribution is -0.119. The van der Waals surface area contributed by atoms with Crippen molar-refractivity contribution in [2.24, 2.45) is 0 Å². The Labute approximate surface area is 236 Å². The van der Waals surface area contributed by atoms with E-state index in [1.807, 2.05) is 0 Å². The van der Waals surface area contributed by atoms with Crippen molar-refractivity contribution in [3.8, 4) is 11.5 Å². The van der Waals surface area contributed by atoms with E-state index in [4.69, 9.17) is 17.0 Å². The number of pyridine rings is 1. The SMILES string of the molecule is CN1CCC(N(C)C(=O)Nc2cc(Oc3ccc(NC(=S)NC(=O)Cc4ccc(F)cc4)c(F)c3)ccn2)CC1. The minimum atomic E-state index is -0.657. The highest BCUT2D eigenvalue weighted by Gasteiger charge is 2.24. The quantitative estimate of drug-likeness (QED) is 0.354. The third-order valence-corrected chi connectivity index (χ3v) is 6.68. The number of hydrogen-bond donors (Lipinski definition) is 3. The summed E-state index contributed by atoms with van der Waals surface area (Å²) in [5, 5.41) is 7.81. The molecule has 0 unspecified atom stereocenters. The van der Waals surface area contributed by atoms with E-state index >= 15 is 0 Å². The number of urea groups is 1. The molecule has 1 aliphatic rings. The highest BCUT2D eigenvalue weighted by atomic mass is 32.1. The molecule has 4 rings (SSSR count). The summed E-state index contributed by atoms with van der Waals surface area (Å²) in [5.41, 5.74) is 0.650. The van der Waals surface area contributed by atoms with E-state index in [-0.39, 0.29) is 35.0 Å². The van der Waals surface area contributed by atoms with Crippen molar-refractivity contribution in [1.82, 2.24) is 20.1 Å². The Kier molecular flexibility index (Phi) is 9.56. The Morgan fingerprint density at radius 1 is 1.05 bits per heavy atom. The van der Waals surface area contributed by atoms with Gasteiger partial charge in [-0.15, -0.1) is 0 Å². The molecule has 0 saturated carbocycles. The Morgan fingerprint density at radius 3 is 2.45 bits per heavy atom. The van der Waals surface area contributed by atoms with Gasteiger partial charge in [0.25, 0.3) is 0 Å². The minimum absolute atomic E-state index is 0.0137. The van der Waals surface area contributed by atoms with Gasteiger partial charge in [0.2, 0.25) is 5.91 Å². The first-order valence-electron chi connectivity index (χ1n) is 12.7. The van der Waals surface area contributed by atoms with Gasteiger partial charge in [-0.25, -0.2) is 18.6 Å². The van der Waals surface area contributed by atoms with Gasteiger partial charge >= 0.3 is 6.03 Å². The lowest BCUT2D eigenvalue weighted by atomic mass is 10.0. The zero-order chi connectivity index (χ0) is 28.6. The number of likely N-dealkylation sites (tertiary alicyclic amines) is 1. The third-order valence-electron chi connectivity index (χ3n) is 6.48. The number of anilines is 2. The van der Waals surface area contributed by atoms with Crippen molar-refractivity contribution in [3.63, 3.8) is 0 Å². The number of nitrogens with zero attached hydrogens (tertiary/aromatic N) is 3. The molecule has 40 heavy (non-hydrogen) atoms. The van der Waals surface area contributed by atoms with Crippen LogP contribution in [0.25, 0.3) is 0 Å². The normalized spacial score (nSPS) is 13.8. The van der Waals surface area contributed by atoms with Crippen molar-refractivity contribution < 1.29 is 23.1 Å². The first-order valence-corrected chi connectivity index (χ1v) is 13.1. The smallest absolute Gasteiger partial charge is 0.323 e. The van der Waals surface area contributed by atoms with Gasteiger partial charge in [-0.1, -0.05) is 12.1 Å². The molecule has 3 aromatic rings. The number of aromatic nitrogens is 1. The van der Waals surface area contributed by atoms with Crippen molar-refractivity contribution in [3.05, 3.63) is 78.0 Å². The third kappa shape index (κ3) is 8.17. The number of hydrogen-bond acceptors (Lipinski definition) is 6. The molecule has 0 radical (unpaired) electrons. The number of ether oxygens (including phenoxy) is 1. The molecule has 1 saturated heterocycles. The predicted octanol–water partition coefficient (Wildman–Crippen LogP) is 4.77. The van der Waals surface area contributed by atoms with Gasteiger partial charge in [0.15, 0.2) is 5.11 Å². The molecule has 1 fully saturated rings. The van der Waals surface area contributed by atoms with Gasteiger partial charge in [-0.05, 0) is 81.1 Å². The van der Waals surface area contributed by atoms with Crippen LogP contribution in [-0.4, -0.2) is 65.1 Å². The number of halogens is 2. The first-order chi connectivity index (χ1) is 19.2. The average molecular weight is 569 g/mol. The molecule has 1 aliphatic heterocycles. The van der Waals surface area contributed by atoms with Crippen LogP contribution in [0.1, 0.15) is 18.4 Å². The second kappa shape index (κ2) is 13.3. The topological polar surface area (TPSA) is 98.8 Å². The maximum Gasteiger partial charge on any atom is 0.323 e. The van der Waals surface area contributed by atoms with E-state index in [1.54, 1.807) is 24.1 Å². The van der Waals surface area contributed by atoms with Crippen LogP contribution in [0.15, 0.2) is 60.8 Å². The number of amides is 3. The van der Waals surface area contributed by atoms with Crippen molar-refractivity contribution >= 4 is 40.8 Å². The fourth-order valence-corrected chi connectivity index (χ4v) is 4.42. The molecule has 12 heteroatoms. The number of rotatable bonds is 7. The van der Waals surface area contributed by atoms with Crippen LogP contribution in [-0.2, 0) is 11.2 Å².